The fourth-order valence-electron chi connectivity index (χ4n) is 3.38. The number of nitrogens with one attached hydrogen (secondary N) is 1. The van der Waals surface area contributed by atoms with Gasteiger partial charge in [0.05, 0.1) is 34.1 Å². The number of carbonyl (C=O) groups excluding carboxylic acids is 1. The lowest BCUT2D eigenvalue weighted by molar-refractivity contribution is -0.384. The molecule has 3 aromatic heterocycles. The summed E-state index contributed by atoms with van der Waals surface area (Å²) in [7, 11) is 1.81. The van der Waals surface area contributed by atoms with Gasteiger partial charge in [-0.25, -0.2) is 9.78 Å². The summed E-state index contributed by atoms with van der Waals surface area (Å²) in [6, 6.07) is 5.81. The highest BCUT2D eigenvalue weighted by molar-refractivity contribution is 5.93. The SMILES string of the molecule is Cc1nn(C)c2ncc(NC(=O)CCCn3c(=O)oc4cc([N+](=O)[O-])ccc43)cc12. The molecular weight excluding hydrogens is 392 g/mol. The third kappa shape index (κ3) is 3.52. The van der Waals surface area contributed by atoms with Crippen molar-refractivity contribution in [2.75, 3.05) is 5.32 Å². The number of aryl methyl sites for hydroxylation is 3. The number of nitro groups is 1. The number of hydrogen-bond acceptors (Lipinski definition) is 7. The standard InChI is InChI=1S/C19H18N6O5/c1-11-14-8-12(10-20-18(14)23(2)22-11)21-17(26)4-3-7-24-15-6-5-13(25(28)29)9-16(15)30-19(24)27/h5-6,8-10H,3-4,7H2,1-2H3,(H,21,26). The number of fused-ring (bicyclic) bond motifs is 2. The van der Waals surface area contributed by atoms with Gasteiger partial charge >= 0.3 is 5.76 Å². The number of non-ortho nitro benzene ring substituents is 1. The van der Waals surface area contributed by atoms with E-state index >= 15 is 0 Å². The van der Waals surface area contributed by atoms with E-state index in [-0.39, 0.29) is 30.1 Å². The molecule has 0 aliphatic heterocycles. The first-order chi connectivity index (χ1) is 14.3. The van der Waals surface area contributed by atoms with Crippen LogP contribution in [0.1, 0.15) is 18.5 Å². The highest BCUT2D eigenvalue weighted by Crippen LogP contribution is 2.21. The Balaban J connectivity index is 1.41. The Bertz CT molecular complexity index is 1350. The number of nitrogens with zero attached hydrogens (tertiary/aromatic N) is 5. The molecule has 0 atom stereocenters. The minimum absolute atomic E-state index is 0.143. The maximum atomic E-state index is 12.3. The lowest BCUT2D eigenvalue weighted by atomic mass is 10.2. The fourth-order valence-corrected chi connectivity index (χ4v) is 3.38. The molecule has 0 bridgehead atoms. The Morgan fingerprint density at radius 1 is 1.33 bits per heavy atom. The molecule has 11 heteroatoms. The van der Waals surface area contributed by atoms with Crippen molar-refractivity contribution in [2.45, 2.75) is 26.3 Å². The molecule has 4 rings (SSSR count). The average molecular weight is 410 g/mol. The van der Waals surface area contributed by atoms with E-state index in [1.165, 1.54) is 22.8 Å². The Morgan fingerprint density at radius 3 is 2.90 bits per heavy atom. The number of nitro benzene ring substituents is 1. The van der Waals surface area contributed by atoms with Crippen molar-refractivity contribution in [3.8, 4) is 0 Å². The van der Waals surface area contributed by atoms with E-state index in [1.807, 2.05) is 13.0 Å². The quantitative estimate of drug-likeness (QED) is 0.381. The zero-order chi connectivity index (χ0) is 21.4. The van der Waals surface area contributed by atoms with Gasteiger partial charge in [0.2, 0.25) is 5.91 Å². The third-order valence-corrected chi connectivity index (χ3v) is 4.79. The monoisotopic (exact) mass is 410 g/mol. The number of oxazole rings is 1. The molecule has 0 radical (unpaired) electrons. The summed E-state index contributed by atoms with van der Waals surface area (Å²) in [4.78, 5) is 39.0. The van der Waals surface area contributed by atoms with E-state index in [0.29, 0.717) is 17.6 Å². The average Bonchev–Trinajstić information content (AvgIpc) is 3.16. The van der Waals surface area contributed by atoms with Crippen molar-refractivity contribution in [1.82, 2.24) is 19.3 Å². The molecule has 1 aromatic carbocycles. The second-order valence-corrected chi connectivity index (χ2v) is 6.88. The summed E-state index contributed by atoms with van der Waals surface area (Å²) in [5, 5.41) is 18.8. The second-order valence-electron chi connectivity index (χ2n) is 6.88. The van der Waals surface area contributed by atoms with Crippen molar-refractivity contribution in [3.05, 3.63) is 56.8 Å². The Kier molecular flexibility index (Phi) is 4.78. The summed E-state index contributed by atoms with van der Waals surface area (Å²) in [6.07, 6.45) is 2.14. The molecule has 11 nitrogen and oxygen atoms in total. The topological polar surface area (TPSA) is 138 Å². The van der Waals surface area contributed by atoms with Crippen molar-refractivity contribution in [2.24, 2.45) is 7.05 Å². The smallest absolute Gasteiger partial charge is 0.407 e. The summed E-state index contributed by atoms with van der Waals surface area (Å²) in [6.45, 7) is 2.12. The molecule has 0 unspecified atom stereocenters. The minimum Gasteiger partial charge on any atom is -0.407 e. The molecule has 3 heterocycles. The first-order valence-electron chi connectivity index (χ1n) is 9.20. The van der Waals surface area contributed by atoms with Crippen LogP contribution in [0.15, 0.2) is 39.7 Å². The lowest BCUT2D eigenvalue weighted by Gasteiger charge is -2.06. The van der Waals surface area contributed by atoms with E-state index < -0.39 is 10.7 Å². The van der Waals surface area contributed by atoms with E-state index in [0.717, 1.165) is 16.7 Å². The molecule has 0 fully saturated rings. The van der Waals surface area contributed by atoms with Crippen LogP contribution >= 0.6 is 0 Å². The molecule has 0 saturated heterocycles. The van der Waals surface area contributed by atoms with E-state index in [9.17, 15) is 19.7 Å². The number of rotatable bonds is 6. The van der Waals surface area contributed by atoms with Gasteiger partial charge in [-0.05, 0) is 25.5 Å². The van der Waals surface area contributed by atoms with Crippen LogP contribution in [0.5, 0.6) is 0 Å². The number of amides is 1. The number of anilines is 1. The molecule has 154 valence electrons. The van der Waals surface area contributed by atoms with Crippen LogP contribution in [0.4, 0.5) is 11.4 Å². The van der Waals surface area contributed by atoms with Crippen LogP contribution in [0.25, 0.3) is 22.1 Å². The molecule has 0 spiro atoms. The minimum atomic E-state index is -0.618. The van der Waals surface area contributed by atoms with Crippen LogP contribution in [0, 0.1) is 17.0 Å². The maximum absolute atomic E-state index is 12.3. The number of aromatic nitrogens is 4. The van der Waals surface area contributed by atoms with Crippen molar-refractivity contribution >= 4 is 39.4 Å². The highest BCUT2D eigenvalue weighted by atomic mass is 16.6. The molecule has 30 heavy (non-hydrogen) atoms. The Hall–Kier alpha value is -4.02. The normalized spacial score (nSPS) is 11.3. The number of hydrogen-bond donors (Lipinski definition) is 1. The molecule has 0 aliphatic carbocycles. The molecule has 0 aliphatic rings. The van der Waals surface area contributed by atoms with Crippen molar-refractivity contribution in [3.63, 3.8) is 0 Å². The van der Waals surface area contributed by atoms with Crippen LogP contribution < -0.4 is 11.1 Å². The van der Waals surface area contributed by atoms with Crippen molar-refractivity contribution < 1.29 is 14.1 Å². The van der Waals surface area contributed by atoms with Crippen LogP contribution in [0.2, 0.25) is 0 Å². The van der Waals surface area contributed by atoms with Crippen molar-refractivity contribution in [1.29, 1.82) is 0 Å². The number of benzene rings is 1. The van der Waals surface area contributed by atoms with E-state index in [4.69, 9.17) is 4.42 Å². The van der Waals surface area contributed by atoms with Gasteiger partial charge in [-0.2, -0.15) is 5.10 Å². The fraction of sp³-hybridized carbons (Fsp3) is 0.263. The van der Waals surface area contributed by atoms with Crippen LogP contribution in [-0.2, 0) is 18.4 Å². The predicted octanol–water partition coefficient (Wildman–Crippen LogP) is 2.51. The molecule has 0 saturated carbocycles. The summed E-state index contributed by atoms with van der Waals surface area (Å²) in [5.74, 6) is -0.832. The van der Waals surface area contributed by atoms with Crippen LogP contribution in [-0.4, -0.2) is 30.2 Å². The summed E-state index contributed by atoms with van der Waals surface area (Å²) in [5.41, 5.74) is 2.57. The molecular formula is C19H18N6O5. The number of pyridine rings is 1. The molecule has 1 N–H and O–H groups in total. The third-order valence-electron chi connectivity index (χ3n) is 4.79. The van der Waals surface area contributed by atoms with Gasteiger partial charge in [-0.3, -0.25) is 24.2 Å². The van der Waals surface area contributed by atoms with Gasteiger partial charge < -0.3 is 9.73 Å². The van der Waals surface area contributed by atoms with Gasteiger partial charge in [0.1, 0.15) is 0 Å². The first-order valence-corrected chi connectivity index (χ1v) is 9.20. The van der Waals surface area contributed by atoms with E-state index in [1.54, 1.807) is 17.9 Å². The van der Waals surface area contributed by atoms with Gasteiger partial charge in [0.25, 0.3) is 5.69 Å². The molecule has 4 aromatic rings. The highest BCUT2D eigenvalue weighted by Gasteiger charge is 2.14. The summed E-state index contributed by atoms with van der Waals surface area (Å²) < 4.78 is 8.12. The number of carbonyl (C=O) groups is 1. The Labute approximate surface area is 169 Å². The van der Waals surface area contributed by atoms with Crippen LogP contribution in [0.3, 0.4) is 0 Å². The van der Waals surface area contributed by atoms with Gasteiger partial charge in [0.15, 0.2) is 11.2 Å². The lowest BCUT2D eigenvalue weighted by Crippen LogP contribution is -2.17. The van der Waals surface area contributed by atoms with Gasteiger partial charge in [-0.1, -0.05) is 0 Å². The van der Waals surface area contributed by atoms with E-state index in [2.05, 4.69) is 15.4 Å². The predicted molar refractivity (Wildman–Crippen MR) is 108 cm³/mol. The second kappa shape index (κ2) is 7.43. The van der Waals surface area contributed by atoms with Gasteiger partial charge in [-0.15, -0.1) is 0 Å². The Morgan fingerprint density at radius 2 is 2.13 bits per heavy atom. The largest absolute Gasteiger partial charge is 0.419 e. The zero-order valence-corrected chi connectivity index (χ0v) is 16.3. The maximum Gasteiger partial charge on any atom is 0.419 e. The zero-order valence-electron chi connectivity index (χ0n) is 16.3. The first kappa shape index (κ1) is 19.3. The summed E-state index contributed by atoms with van der Waals surface area (Å²) >= 11 is 0. The molecule has 1 amide bonds. The van der Waals surface area contributed by atoms with Gasteiger partial charge in [0, 0.05) is 31.5 Å².